The lowest BCUT2D eigenvalue weighted by atomic mass is 10.1. The van der Waals surface area contributed by atoms with Crippen LogP contribution in [0.3, 0.4) is 0 Å². The molecule has 1 N–H and O–H groups in total. The zero-order chi connectivity index (χ0) is 22.7. The Morgan fingerprint density at radius 2 is 2.00 bits per heavy atom. The van der Waals surface area contributed by atoms with Gasteiger partial charge in [-0.1, -0.05) is 18.2 Å². The van der Waals surface area contributed by atoms with Gasteiger partial charge >= 0.3 is 0 Å². The molecule has 1 aliphatic rings. The van der Waals surface area contributed by atoms with E-state index in [1.807, 2.05) is 0 Å². The van der Waals surface area contributed by atoms with Crippen molar-refractivity contribution in [2.75, 3.05) is 16.6 Å². The number of rotatable bonds is 6. The summed E-state index contributed by atoms with van der Waals surface area (Å²) in [6, 6.07) is 11.8. The Morgan fingerprint density at radius 1 is 1.22 bits per heavy atom. The van der Waals surface area contributed by atoms with Crippen molar-refractivity contribution >= 4 is 27.7 Å². The molecule has 0 radical (unpaired) electrons. The predicted octanol–water partition coefficient (Wildman–Crippen LogP) is 3.19. The number of carbonyl (C=O) groups excluding carboxylic acids is 1. The Labute approximate surface area is 186 Å². The summed E-state index contributed by atoms with van der Waals surface area (Å²) >= 11 is 0. The highest BCUT2D eigenvalue weighted by Crippen LogP contribution is 2.24. The summed E-state index contributed by atoms with van der Waals surface area (Å²) in [7, 11) is -3.21. The molecular weight excluding hydrogens is 431 g/mol. The molecule has 2 heterocycles. The fourth-order valence-electron chi connectivity index (χ4n) is 3.59. The summed E-state index contributed by atoms with van der Waals surface area (Å²) in [6.07, 6.45) is 6.96. The molecule has 0 aliphatic carbocycles. The summed E-state index contributed by atoms with van der Waals surface area (Å²) in [6.45, 7) is 2.47. The Balaban J connectivity index is 1.34. The van der Waals surface area contributed by atoms with Crippen LogP contribution in [0, 0.1) is 12.7 Å². The monoisotopic (exact) mass is 454 g/mol. The number of anilines is 1. The smallest absolute Gasteiger partial charge is 0.244 e. The van der Waals surface area contributed by atoms with Crippen molar-refractivity contribution in [3.05, 3.63) is 83.7 Å². The molecule has 2 aromatic carbocycles. The topological polar surface area (TPSA) is 84.3 Å². The van der Waals surface area contributed by atoms with E-state index in [1.54, 1.807) is 66.4 Å². The fraction of sp³-hybridized carbons (Fsp3) is 0.217. The average Bonchev–Trinajstić information content (AvgIpc) is 3.35. The summed E-state index contributed by atoms with van der Waals surface area (Å²) < 4.78 is 41.5. The van der Waals surface area contributed by atoms with Gasteiger partial charge in [-0.15, -0.1) is 0 Å². The zero-order valence-electron chi connectivity index (χ0n) is 17.5. The third-order valence-electron chi connectivity index (χ3n) is 5.27. The van der Waals surface area contributed by atoms with Gasteiger partial charge in [-0.2, -0.15) is 0 Å². The van der Waals surface area contributed by atoms with Gasteiger partial charge < -0.3 is 9.88 Å². The maximum atomic E-state index is 14.5. The molecule has 7 nitrogen and oxygen atoms in total. The van der Waals surface area contributed by atoms with Crippen molar-refractivity contribution in [1.82, 2.24) is 14.9 Å². The highest BCUT2D eigenvalue weighted by Gasteiger charge is 2.28. The number of imidazole rings is 1. The predicted molar refractivity (Wildman–Crippen MR) is 121 cm³/mol. The minimum absolute atomic E-state index is 0.171. The highest BCUT2D eigenvalue weighted by molar-refractivity contribution is 7.93. The van der Waals surface area contributed by atoms with Crippen LogP contribution in [-0.4, -0.2) is 36.2 Å². The van der Waals surface area contributed by atoms with E-state index < -0.39 is 15.8 Å². The SMILES string of the molecule is Cc1nccn1-c1ccc(CNC(=O)/C=C/c2ccc(N3CCCS3(=O)=O)cc2)cc1F. The first-order chi connectivity index (χ1) is 15.3. The second-order valence-corrected chi connectivity index (χ2v) is 9.53. The van der Waals surface area contributed by atoms with Crippen molar-refractivity contribution in [3.63, 3.8) is 0 Å². The van der Waals surface area contributed by atoms with Crippen LogP contribution >= 0.6 is 0 Å². The molecular formula is C23H23FN4O3S. The van der Waals surface area contributed by atoms with E-state index >= 15 is 0 Å². The minimum atomic E-state index is -3.21. The molecule has 0 unspecified atom stereocenters. The molecule has 1 aromatic heterocycles. The normalized spacial score (nSPS) is 15.4. The Hall–Kier alpha value is -3.46. The first-order valence-electron chi connectivity index (χ1n) is 10.2. The van der Waals surface area contributed by atoms with Crippen molar-refractivity contribution in [1.29, 1.82) is 0 Å². The molecule has 32 heavy (non-hydrogen) atoms. The Kier molecular flexibility index (Phi) is 6.09. The van der Waals surface area contributed by atoms with Gasteiger partial charge in [0, 0.05) is 31.6 Å². The average molecular weight is 455 g/mol. The van der Waals surface area contributed by atoms with Gasteiger partial charge in [0.15, 0.2) is 0 Å². The molecule has 1 aliphatic heterocycles. The van der Waals surface area contributed by atoms with Crippen LogP contribution < -0.4 is 9.62 Å². The van der Waals surface area contributed by atoms with E-state index in [0.29, 0.717) is 35.7 Å². The van der Waals surface area contributed by atoms with E-state index in [1.165, 1.54) is 16.4 Å². The fourth-order valence-corrected chi connectivity index (χ4v) is 5.15. The quantitative estimate of drug-likeness (QED) is 0.580. The number of carbonyl (C=O) groups is 1. The summed E-state index contributed by atoms with van der Waals surface area (Å²) in [4.78, 5) is 16.2. The van der Waals surface area contributed by atoms with Gasteiger partial charge in [-0.25, -0.2) is 17.8 Å². The Bertz CT molecular complexity index is 1270. The van der Waals surface area contributed by atoms with E-state index in [2.05, 4.69) is 10.3 Å². The van der Waals surface area contributed by atoms with Crippen molar-refractivity contribution in [2.45, 2.75) is 19.9 Å². The van der Waals surface area contributed by atoms with E-state index in [-0.39, 0.29) is 18.2 Å². The van der Waals surface area contributed by atoms with Crippen molar-refractivity contribution in [2.24, 2.45) is 0 Å². The number of aromatic nitrogens is 2. The van der Waals surface area contributed by atoms with Crippen LogP contribution in [0.25, 0.3) is 11.8 Å². The summed E-state index contributed by atoms with van der Waals surface area (Å²) in [5.41, 5.74) is 2.44. The molecule has 4 rings (SSSR count). The lowest BCUT2D eigenvalue weighted by Gasteiger charge is -2.16. The molecule has 1 amide bonds. The van der Waals surface area contributed by atoms with Gasteiger partial charge in [0.2, 0.25) is 15.9 Å². The van der Waals surface area contributed by atoms with Crippen LogP contribution in [-0.2, 0) is 21.4 Å². The molecule has 1 fully saturated rings. The van der Waals surface area contributed by atoms with Crippen LogP contribution in [0.4, 0.5) is 10.1 Å². The number of sulfonamides is 1. The Morgan fingerprint density at radius 3 is 2.62 bits per heavy atom. The highest BCUT2D eigenvalue weighted by atomic mass is 32.2. The molecule has 0 spiro atoms. The maximum Gasteiger partial charge on any atom is 0.244 e. The molecule has 1 saturated heterocycles. The number of amides is 1. The van der Waals surface area contributed by atoms with E-state index in [0.717, 1.165) is 5.56 Å². The lowest BCUT2D eigenvalue weighted by molar-refractivity contribution is -0.116. The summed E-state index contributed by atoms with van der Waals surface area (Å²) in [5, 5.41) is 2.73. The molecule has 0 saturated carbocycles. The first kappa shape index (κ1) is 21.8. The maximum absolute atomic E-state index is 14.5. The number of hydrogen-bond donors (Lipinski definition) is 1. The molecule has 0 bridgehead atoms. The second kappa shape index (κ2) is 8.96. The van der Waals surface area contributed by atoms with Gasteiger partial charge in [0.1, 0.15) is 11.6 Å². The number of nitrogens with one attached hydrogen (secondary N) is 1. The minimum Gasteiger partial charge on any atom is -0.348 e. The van der Waals surface area contributed by atoms with Crippen LogP contribution in [0.2, 0.25) is 0 Å². The summed E-state index contributed by atoms with van der Waals surface area (Å²) in [5.74, 6) is 0.148. The van der Waals surface area contributed by atoms with Gasteiger partial charge in [0.25, 0.3) is 0 Å². The number of aryl methyl sites for hydroxylation is 1. The first-order valence-corrected chi connectivity index (χ1v) is 11.8. The zero-order valence-corrected chi connectivity index (χ0v) is 18.3. The largest absolute Gasteiger partial charge is 0.348 e. The van der Waals surface area contributed by atoms with Gasteiger partial charge in [-0.05, 0) is 54.8 Å². The number of benzene rings is 2. The third-order valence-corrected chi connectivity index (χ3v) is 7.14. The van der Waals surface area contributed by atoms with Crippen LogP contribution in [0.15, 0.2) is 60.9 Å². The second-order valence-electron chi connectivity index (χ2n) is 7.51. The standard InChI is InChI=1S/C23H23FN4O3S/c1-17-25-11-13-27(17)22-9-5-19(15-21(22)24)16-26-23(29)10-6-18-3-7-20(8-4-18)28-12-2-14-32(28,30)31/h3-11,13,15H,2,12,14,16H2,1H3,(H,26,29)/b10-6+. The van der Waals surface area contributed by atoms with Gasteiger partial charge in [-0.3, -0.25) is 9.10 Å². The third kappa shape index (κ3) is 4.72. The molecule has 9 heteroatoms. The lowest BCUT2D eigenvalue weighted by Crippen LogP contribution is -2.24. The van der Waals surface area contributed by atoms with Crippen LogP contribution in [0.5, 0.6) is 0 Å². The number of nitrogens with zero attached hydrogens (tertiary/aromatic N) is 3. The number of hydrogen-bond acceptors (Lipinski definition) is 4. The molecule has 3 aromatic rings. The van der Waals surface area contributed by atoms with E-state index in [4.69, 9.17) is 0 Å². The van der Waals surface area contributed by atoms with E-state index in [9.17, 15) is 17.6 Å². The number of halogens is 1. The van der Waals surface area contributed by atoms with Crippen molar-refractivity contribution in [3.8, 4) is 5.69 Å². The molecule has 166 valence electrons. The van der Waals surface area contributed by atoms with Gasteiger partial charge in [0.05, 0.1) is 17.1 Å². The van der Waals surface area contributed by atoms with Crippen LogP contribution in [0.1, 0.15) is 23.4 Å². The van der Waals surface area contributed by atoms with Crippen molar-refractivity contribution < 1.29 is 17.6 Å². The molecule has 0 atom stereocenters.